The second-order valence-corrected chi connectivity index (χ2v) is 4.69. The van der Waals surface area contributed by atoms with Crippen molar-refractivity contribution in [2.75, 3.05) is 0 Å². The first-order valence-electron chi connectivity index (χ1n) is 4.57. The fourth-order valence-corrected chi connectivity index (χ4v) is 2.13. The van der Waals surface area contributed by atoms with Gasteiger partial charge in [0.05, 0.1) is 5.71 Å². The van der Waals surface area contributed by atoms with Crippen molar-refractivity contribution in [1.82, 2.24) is 5.43 Å². The zero-order chi connectivity index (χ0) is 10.8. The first-order valence-corrected chi connectivity index (χ1v) is 5.78. The van der Waals surface area contributed by atoms with Gasteiger partial charge in [0, 0.05) is 10.0 Å². The number of hydrogen-bond acceptors (Lipinski definition) is 2. The summed E-state index contributed by atoms with van der Waals surface area (Å²) < 4.78 is 1.10. The van der Waals surface area contributed by atoms with E-state index in [0.29, 0.717) is 0 Å². The number of aryl methyl sites for hydroxylation is 1. The molecule has 0 heterocycles. The lowest BCUT2D eigenvalue weighted by atomic mass is 10.1. The van der Waals surface area contributed by atoms with E-state index in [-0.39, 0.29) is 5.11 Å². The molecule has 0 unspecified atom stereocenters. The number of rotatable bonds is 1. The summed E-state index contributed by atoms with van der Waals surface area (Å²) in [6.07, 6.45) is 1.95. The largest absolute Gasteiger partial charge is 0.375 e. The summed E-state index contributed by atoms with van der Waals surface area (Å²) in [5.41, 5.74) is 11.5. The predicted octanol–water partition coefficient (Wildman–Crippen LogP) is 1.93. The van der Waals surface area contributed by atoms with Crippen molar-refractivity contribution in [2.45, 2.75) is 12.8 Å². The maximum Gasteiger partial charge on any atom is 0.184 e. The maximum absolute atomic E-state index is 5.32. The molecule has 0 saturated carbocycles. The van der Waals surface area contributed by atoms with Gasteiger partial charge in [0.25, 0.3) is 0 Å². The minimum absolute atomic E-state index is 0.202. The van der Waals surface area contributed by atoms with Crippen LogP contribution in [-0.2, 0) is 6.42 Å². The summed E-state index contributed by atoms with van der Waals surface area (Å²) in [5.74, 6) is 0. The number of thiocarbonyl (C=S) groups is 1. The number of hydrogen-bond donors (Lipinski definition) is 2. The minimum Gasteiger partial charge on any atom is -0.375 e. The van der Waals surface area contributed by atoms with E-state index in [9.17, 15) is 0 Å². The van der Waals surface area contributed by atoms with Crippen LogP contribution < -0.4 is 11.2 Å². The standard InChI is InChI=1S/C10H10BrN3S/c11-7-2-3-8-6(5-7)1-4-9(8)13-14-10(12)15/h2-3,5H,1,4H2,(H3,12,14,15)/b13-9+. The van der Waals surface area contributed by atoms with Crippen LogP contribution in [-0.4, -0.2) is 10.8 Å². The third-order valence-electron chi connectivity index (χ3n) is 2.31. The molecule has 0 spiro atoms. The molecule has 78 valence electrons. The average molecular weight is 284 g/mol. The quantitative estimate of drug-likeness (QED) is 0.612. The summed E-state index contributed by atoms with van der Waals surface area (Å²) in [4.78, 5) is 0. The van der Waals surface area contributed by atoms with E-state index in [2.05, 4.69) is 38.6 Å². The minimum atomic E-state index is 0.202. The van der Waals surface area contributed by atoms with Crippen LogP contribution in [0.4, 0.5) is 0 Å². The first kappa shape index (κ1) is 10.6. The smallest absolute Gasteiger partial charge is 0.184 e. The average Bonchev–Trinajstić information content (AvgIpc) is 2.57. The molecular formula is C10H10BrN3S. The number of benzene rings is 1. The van der Waals surface area contributed by atoms with Crippen molar-refractivity contribution in [3.05, 3.63) is 33.8 Å². The van der Waals surface area contributed by atoms with Gasteiger partial charge in [-0.1, -0.05) is 22.0 Å². The van der Waals surface area contributed by atoms with Crippen LogP contribution >= 0.6 is 28.1 Å². The number of fused-ring (bicyclic) bond motifs is 1. The summed E-state index contributed by atoms with van der Waals surface area (Å²) >= 11 is 8.15. The van der Waals surface area contributed by atoms with E-state index in [1.54, 1.807) is 0 Å². The van der Waals surface area contributed by atoms with Gasteiger partial charge in [0.15, 0.2) is 5.11 Å². The van der Waals surface area contributed by atoms with Crippen molar-refractivity contribution in [2.24, 2.45) is 10.8 Å². The third kappa shape index (κ3) is 2.35. The van der Waals surface area contributed by atoms with Gasteiger partial charge < -0.3 is 5.73 Å². The number of nitrogens with zero attached hydrogens (tertiary/aromatic N) is 1. The highest BCUT2D eigenvalue weighted by molar-refractivity contribution is 9.10. The Morgan fingerprint density at radius 3 is 3.00 bits per heavy atom. The molecule has 0 saturated heterocycles. The molecule has 0 aliphatic heterocycles. The Hall–Kier alpha value is -0.940. The van der Waals surface area contributed by atoms with Crippen LogP contribution in [0.15, 0.2) is 27.8 Å². The van der Waals surface area contributed by atoms with Crippen LogP contribution in [0, 0.1) is 0 Å². The zero-order valence-corrected chi connectivity index (χ0v) is 10.4. The van der Waals surface area contributed by atoms with E-state index in [1.165, 1.54) is 11.1 Å². The van der Waals surface area contributed by atoms with Crippen LogP contribution in [0.5, 0.6) is 0 Å². The molecule has 15 heavy (non-hydrogen) atoms. The van der Waals surface area contributed by atoms with Gasteiger partial charge in [-0.25, -0.2) is 0 Å². The van der Waals surface area contributed by atoms with E-state index < -0.39 is 0 Å². The van der Waals surface area contributed by atoms with Gasteiger partial charge in [-0.05, 0) is 42.8 Å². The molecule has 3 N–H and O–H groups in total. The van der Waals surface area contributed by atoms with Crippen molar-refractivity contribution in [3.63, 3.8) is 0 Å². The molecule has 3 nitrogen and oxygen atoms in total. The molecule has 1 aromatic carbocycles. The second-order valence-electron chi connectivity index (χ2n) is 3.34. The van der Waals surface area contributed by atoms with Crippen molar-refractivity contribution < 1.29 is 0 Å². The molecule has 1 aliphatic carbocycles. The number of nitrogens with two attached hydrogens (primary N) is 1. The highest BCUT2D eigenvalue weighted by atomic mass is 79.9. The lowest BCUT2D eigenvalue weighted by Crippen LogP contribution is -2.25. The van der Waals surface area contributed by atoms with E-state index >= 15 is 0 Å². The molecule has 0 bridgehead atoms. The van der Waals surface area contributed by atoms with Crippen LogP contribution in [0.2, 0.25) is 0 Å². The molecule has 0 amide bonds. The molecule has 1 aliphatic rings. The number of nitrogens with one attached hydrogen (secondary N) is 1. The maximum atomic E-state index is 5.32. The predicted molar refractivity (Wildman–Crippen MR) is 68.9 cm³/mol. The topological polar surface area (TPSA) is 50.4 Å². The molecule has 0 aromatic heterocycles. The molecular weight excluding hydrogens is 274 g/mol. The number of halogens is 1. The van der Waals surface area contributed by atoms with Gasteiger partial charge in [0.1, 0.15) is 0 Å². The van der Waals surface area contributed by atoms with Crippen LogP contribution in [0.3, 0.4) is 0 Å². The molecule has 1 aromatic rings. The van der Waals surface area contributed by atoms with Crippen LogP contribution in [0.25, 0.3) is 0 Å². The first-order chi connectivity index (χ1) is 7.16. The Balaban J connectivity index is 2.28. The normalized spacial score (nSPS) is 16.5. The summed E-state index contributed by atoms with van der Waals surface area (Å²) in [6, 6.07) is 6.20. The van der Waals surface area contributed by atoms with Crippen molar-refractivity contribution in [3.8, 4) is 0 Å². The molecule has 2 rings (SSSR count). The van der Waals surface area contributed by atoms with Gasteiger partial charge >= 0.3 is 0 Å². The van der Waals surface area contributed by atoms with E-state index in [0.717, 1.165) is 23.0 Å². The summed E-state index contributed by atoms with van der Waals surface area (Å²) in [6.45, 7) is 0. The molecule has 5 heteroatoms. The zero-order valence-electron chi connectivity index (χ0n) is 7.96. The van der Waals surface area contributed by atoms with Gasteiger partial charge in [-0.2, -0.15) is 5.10 Å². The lowest BCUT2D eigenvalue weighted by molar-refractivity contribution is 1.00. The van der Waals surface area contributed by atoms with E-state index in [1.807, 2.05) is 6.07 Å². The molecule has 0 atom stereocenters. The third-order valence-corrected chi connectivity index (χ3v) is 2.89. The number of hydrazone groups is 1. The highest BCUT2D eigenvalue weighted by Crippen LogP contribution is 2.25. The Morgan fingerprint density at radius 1 is 1.47 bits per heavy atom. The van der Waals surface area contributed by atoms with E-state index in [4.69, 9.17) is 18.0 Å². The second kappa shape index (κ2) is 4.28. The van der Waals surface area contributed by atoms with Crippen LogP contribution in [0.1, 0.15) is 17.5 Å². The van der Waals surface area contributed by atoms with Gasteiger partial charge in [-0.3, -0.25) is 5.43 Å². The van der Waals surface area contributed by atoms with Gasteiger partial charge in [0.2, 0.25) is 0 Å². The van der Waals surface area contributed by atoms with Crippen molar-refractivity contribution >= 4 is 39.0 Å². The lowest BCUT2D eigenvalue weighted by Gasteiger charge is -2.01. The fraction of sp³-hybridized carbons (Fsp3) is 0.200. The Kier molecular flexibility index (Phi) is 3.02. The highest BCUT2D eigenvalue weighted by Gasteiger charge is 2.17. The SMILES string of the molecule is NC(=S)N/N=C1\CCc2cc(Br)ccc21. The van der Waals surface area contributed by atoms with Gasteiger partial charge in [-0.15, -0.1) is 0 Å². The Labute approximate surface area is 102 Å². The Morgan fingerprint density at radius 2 is 2.27 bits per heavy atom. The molecule has 0 radical (unpaired) electrons. The van der Waals surface area contributed by atoms with Crippen molar-refractivity contribution in [1.29, 1.82) is 0 Å². The fourth-order valence-electron chi connectivity index (χ4n) is 1.68. The summed E-state index contributed by atoms with van der Waals surface area (Å²) in [7, 11) is 0. The monoisotopic (exact) mass is 283 g/mol. The summed E-state index contributed by atoms with van der Waals surface area (Å²) in [5, 5.41) is 4.38. The Bertz CT molecular complexity index is 442. The molecule has 0 fully saturated rings.